The Morgan fingerprint density at radius 2 is 2.06 bits per heavy atom. The minimum atomic E-state index is -0.369. The van der Waals surface area contributed by atoms with Gasteiger partial charge in [0.25, 0.3) is 0 Å². The highest BCUT2D eigenvalue weighted by Crippen LogP contribution is 2.25. The third-order valence-corrected chi connectivity index (χ3v) is 3.58. The van der Waals surface area contributed by atoms with Crippen molar-refractivity contribution in [2.75, 3.05) is 6.61 Å². The van der Waals surface area contributed by atoms with Crippen molar-refractivity contribution >= 4 is 23.2 Å². The van der Waals surface area contributed by atoms with Crippen molar-refractivity contribution in [2.24, 2.45) is 5.84 Å². The lowest BCUT2D eigenvalue weighted by molar-refractivity contribution is -0.0380. The molecule has 0 amide bonds. The molecule has 0 radical (unpaired) electrons. The molecule has 0 aliphatic rings. The van der Waals surface area contributed by atoms with Crippen molar-refractivity contribution in [2.45, 2.75) is 38.8 Å². The Bertz CT molecular complexity index is 397. The predicted molar refractivity (Wildman–Crippen MR) is 77.0 cm³/mol. The summed E-state index contributed by atoms with van der Waals surface area (Å²) >= 11 is 12.0. The third-order valence-electron chi connectivity index (χ3n) is 3.00. The highest BCUT2D eigenvalue weighted by molar-refractivity contribution is 6.35. The maximum atomic E-state index is 6.16. The fourth-order valence-electron chi connectivity index (χ4n) is 1.89. The summed E-state index contributed by atoms with van der Waals surface area (Å²) in [4.78, 5) is 0. The number of rotatable bonds is 6. The summed E-state index contributed by atoms with van der Waals surface area (Å²) in [5.41, 5.74) is 3.43. The summed E-state index contributed by atoms with van der Waals surface area (Å²) in [5, 5.41) is 1.28. The number of nitrogens with one attached hydrogen (secondary N) is 1. The van der Waals surface area contributed by atoms with Gasteiger partial charge in [0.2, 0.25) is 0 Å². The highest BCUT2D eigenvalue weighted by Gasteiger charge is 2.29. The molecule has 0 bridgehead atoms. The third kappa shape index (κ3) is 4.11. The van der Waals surface area contributed by atoms with Crippen LogP contribution in [0.2, 0.25) is 10.0 Å². The van der Waals surface area contributed by atoms with E-state index in [1.807, 2.05) is 32.9 Å². The van der Waals surface area contributed by atoms with Crippen LogP contribution < -0.4 is 11.3 Å². The molecule has 3 nitrogen and oxygen atoms in total. The van der Waals surface area contributed by atoms with Crippen molar-refractivity contribution in [1.29, 1.82) is 0 Å². The Kier molecular flexibility index (Phi) is 5.89. The quantitative estimate of drug-likeness (QED) is 0.625. The van der Waals surface area contributed by atoms with Gasteiger partial charge in [-0.15, -0.1) is 0 Å². The van der Waals surface area contributed by atoms with Gasteiger partial charge >= 0.3 is 0 Å². The Hall–Kier alpha value is -0.320. The fourth-order valence-corrected chi connectivity index (χ4v) is 2.37. The van der Waals surface area contributed by atoms with Crippen LogP contribution in [-0.2, 0) is 11.2 Å². The minimum absolute atomic E-state index is 0.0314. The average molecular weight is 291 g/mol. The Labute approximate surface area is 119 Å². The van der Waals surface area contributed by atoms with Crippen LogP contribution in [0.25, 0.3) is 0 Å². The smallest absolute Gasteiger partial charge is 0.0795 e. The van der Waals surface area contributed by atoms with E-state index in [2.05, 4.69) is 5.43 Å². The summed E-state index contributed by atoms with van der Waals surface area (Å²) < 4.78 is 5.71. The zero-order chi connectivity index (χ0) is 13.8. The van der Waals surface area contributed by atoms with Gasteiger partial charge in [0.1, 0.15) is 0 Å². The molecule has 0 heterocycles. The Morgan fingerprint density at radius 3 is 2.56 bits per heavy atom. The number of benzene rings is 1. The molecule has 0 spiro atoms. The van der Waals surface area contributed by atoms with Gasteiger partial charge in [-0.05, 0) is 44.9 Å². The highest BCUT2D eigenvalue weighted by atomic mass is 35.5. The summed E-state index contributed by atoms with van der Waals surface area (Å²) in [6, 6.07) is 5.44. The van der Waals surface area contributed by atoms with E-state index in [1.165, 1.54) is 0 Å². The predicted octanol–water partition coefficient (Wildman–Crippen LogP) is 3.18. The SMILES string of the molecule is CCOC(C)(C)C(Cc1ccc(Cl)cc1Cl)NN. The number of nitrogens with two attached hydrogens (primary N) is 1. The van der Waals surface area contributed by atoms with Crippen LogP contribution in [0.1, 0.15) is 26.3 Å². The standard InChI is InChI=1S/C13H20Cl2N2O/c1-4-18-13(2,3)12(17-16)7-9-5-6-10(14)8-11(9)15/h5-6,8,12,17H,4,7,16H2,1-3H3. The van der Waals surface area contributed by atoms with Gasteiger partial charge < -0.3 is 4.74 Å². The first-order chi connectivity index (χ1) is 8.40. The summed E-state index contributed by atoms with van der Waals surface area (Å²) in [6.07, 6.45) is 0.680. The number of hydrazine groups is 1. The lowest BCUT2D eigenvalue weighted by atomic mass is 9.92. The number of halogens is 2. The largest absolute Gasteiger partial charge is 0.374 e. The van der Waals surface area contributed by atoms with Gasteiger partial charge in [-0.1, -0.05) is 29.3 Å². The van der Waals surface area contributed by atoms with Gasteiger partial charge in [-0.2, -0.15) is 0 Å². The monoisotopic (exact) mass is 290 g/mol. The first kappa shape index (κ1) is 15.7. The molecule has 102 valence electrons. The van der Waals surface area contributed by atoms with Crippen LogP contribution >= 0.6 is 23.2 Å². The lowest BCUT2D eigenvalue weighted by Gasteiger charge is -2.34. The number of ether oxygens (including phenoxy) is 1. The summed E-state index contributed by atoms with van der Waals surface area (Å²) in [6.45, 7) is 6.61. The zero-order valence-electron chi connectivity index (χ0n) is 11.0. The molecular weight excluding hydrogens is 271 g/mol. The molecule has 18 heavy (non-hydrogen) atoms. The molecule has 3 N–H and O–H groups in total. The number of hydrogen-bond acceptors (Lipinski definition) is 3. The second-order valence-corrected chi connectivity index (χ2v) is 5.54. The molecular formula is C13H20Cl2N2O. The van der Waals surface area contributed by atoms with Crippen molar-refractivity contribution in [3.63, 3.8) is 0 Å². The first-order valence-corrected chi connectivity index (χ1v) is 6.70. The van der Waals surface area contributed by atoms with E-state index in [0.29, 0.717) is 23.1 Å². The number of hydrogen-bond donors (Lipinski definition) is 2. The second-order valence-electron chi connectivity index (χ2n) is 4.70. The van der Waals surface area contributed by atoms with E-state index in [9.17, 15) is 0 Å². The van der Waals surface area contributed by atoms with Gasteiger partial charge in [0.05, 0.1) is 11.6 Å². The van der Waals surface area contributed by atoms with Crippen molar-refractivity contribution < 1.29 is 4.74 Å². The van der Waals surface area contributed by atoms with Gasteiger partial charge in [0, 0.05) is 16.7 Å². The van der Waals surface area contributed by atoms with E-state index in [0.717, 1.165) is 5.56 Å². The normalized spacial score (nSPS) is 13.7. The zero-order valence-corrected chi connectivity index (χ0v) is 12.5. The molecule has 0 fully saturated rings. The maximum Gasteiger partial charge on any atom is 0.0795 e. The van der Waals surface area contributed by atoms with E-state index >= 15 is 0 Å². The van der Waals surface area contributed by atoms with Crippen molar-refractivity contribution in [3.05, 3.63) is 33.8 Å². The average Bonchev–Trinajstić information content (AvgIpc) is 2.27. The van der Waals surface area contributed by atoms with E-state index in [4.69, 9.17) is 33.8 Å². The van der Waals surface area contributed by atoms with Crippen molar-refractivity contribution in [1.82, 2.24) is 5.43 Å². The first-order valence-electron chi connectivity index (χ1n) is 5.94. The van der Waals surface area contributed by atoms with Gasteiger partial charge in [-0.3, -0.25) is 11.3 Å². The van der Waals surface area contributed by atoms with Crippen molar-refractivity contribution in [3.8, 4) is 0 Å². The van der Waals surface area contributed by atoms with Crippen LogP contribution in [-0.4, -0.2) is 18.2 Å². The summed E-state index contributed by atoms with van der Waals surface area (Å²) in [5.74, 6) is 5.62. The molecule has 1 aromatic rings. The van der Waals surface area contributed by atoms with E-state index in [1.54, 1.807) is 6.07 Å². The molecule has 1 unspecified atom stereocenters. The fraction of sp³-hybridized carbons (Fsp3) is 0.538. The molecule has 0 aromatic heterocycles. The van der Waals surface area contributed by atoms with E-state index in [-0.39, 0.29) is 11.6 Å². The van der Waals surface area contributed by atoms with Crippen LogP contribution in [0.4, 0.5) is 0 Å². The maximum absolute atomic E-state index is 6.16. The topological polar surface area (TPSA) is 47.3 Å². The molecule has 1 aromatic carbocycles. The van der Waals surface area contributed by atoms with Gasteiger partial charge in [0.15, 0.2) is 0 Å². The molecule has 0 saturated heterocycles. The molecule has 1 atom stereocenters. The second kappa shape index (κ2) is 6.73. The molecule has 0 aliphatic heterocycles. The molecule has 0 aliphatic carbocycles. The Balaban J connectivity index is 2.85. The minimum Gasteiger partial charge on any atom is -0.374 e. The van der Waals surface area contributed by atoms with Crippen LogP contribution in [0.5, 0.6) is 0 Å². The van der Waals surface area contributed by atoms with Crippen LogP contribution in [0.3, 0.4) is 0 Å². The van der Waals surface area contributed by atoms with E-state index < -0.39 is 0 Å². The molecule has 1 rings (SSSR count). The molecule has 0 saturated carbocycles. The lowest BCUT2D eigenvalue weighted by Crippen LogP contribution is -2.52. The molecule has 5 heteroatoms. The Morgan fingerprint density at radius 1 is 1.39 bits per heavy atom. The van der Waals surface area contributed by atoms with Crippen LogP contribution in [0, 0.1) is 0 Å². The van der Waals surface area contributed by atoms with Gasteiger partial charge in [-0.25, -0.2) is 0 Å². The van der Waals surface area contributed by atoms with Crippen LogP contribution in [0.15, 0.2) is 18.2 Å². The summed E-state index contributed by atoms with van der Waals surface area (Å²) in [7, 11) is 0.